The number of esters is 2. The smallest absolute Gasteiger partial charge is 0.330 e. The van der Waals surface area contributed by atoms with E-state index >= 15 is 0 Å². The quantitative estimate of drug-likeness (QED) is 0.470. The second-order valence-corrected chi connectivity index (χ2v) is 4.87. The van der Waals surface area contributed by atoms with Gasteiger partial charge in [-0.25, -0.2) is 4.79 Å². The third-order valence-corrected chi connectivity index (χ3v) is 2.47. The maximum absolute atomic E-state index is 11.3. The Balaban J connectivity index is 3.53. The molecule has 1 atom stereocenters. The first kappa shape index (κ1) is 16.7. The summed E-state index contributed by atoms with van der Waals surface area (Å²) in [4.78, 5) is 22.1. The summed E-state index contributed by atoms with van der Waals surface area (Å²) < 4.78 is 9.99. The molecule has 0 saturated carbocycles. The van der Waals surface area contributed by atoms with Gasteiger partial charge in [-0.15, -0.1) is 0 Å². The molecular formula is C14H24O4. The normalized spacial score (nSPS) is 12.0. The zero-order chi connectivity index (χ0) is 14.0. The first-order valence-electron chi connectivity index (χ1n) is 6.40. The SMILES string of the molecule is C=CC(=O)OCCC(C)CCOC(=O)CC(C)C. The van der Waals surface area contributed by atoms with Crippen LogP contribution < -0.4 is 0 Å². The summed E-state index contributed by atoms with van der Waals surface area (Å²) in [5.41, 5.74) is 0. The molecular weight excluding hydrogens is 232 g/mol. The Morgan fingerprint density at radius 3 is 2.17 bits per heavy atom. The molecule has 0 aliphatic heterocycles. The van der Waals surface area contributed by atoms with Crippen LogP contribution in [0.2, 0.25) is 0 Å². The van der Waals surface area contributed by atoms with E-state index in [1.807, 2.05) is 20.8 Å². The van der Waals surface area contributed by atoms with E-state index in [9.17, 15) is 9.59 Å². The summed E-state index contributed by atoms with van der Waals surface area (Å²) in [7, 11) is 0. The molecule has 0 bridgehead atoms. The van der Waals surface area contributed by atoms with Crippen molar-refractivity contribution in [1.29, 1.82) is 0 Å². The van der Waals surface area contributed by atoms with Gasteiger partial charge in [0, 0.05) is 12.5 Å². The maximum atomic E-state index is 11.3. The molecule has 0 aromatic heterocycles. The first-order valence-corrected chi connectivity index (χ1v) is 6.40. The largest absolute Gasteiger partial charge is 0.466 e. The van der Waals surface area contributed by atoms with Gasteiger partial charge in [0.05, 0.1) is 13.2 Å². The highest BCUT2D eigenvalue weighted by atomic mass is 16.5. The fraction of sp³-hybridized carbons (Fsp3) is 0.714. The Morgan fingerprint density at radius 2 is 1.67 bits per heavy atom. The highest BCUT2D eigenvalue weighted by molar-refractivity contribution is 5.81. The maximum Gasteiger partial charge on any atom is 0.330 e. The van der Waals surface area contributed by atoms with Gasteiger partial charge in [0.2, 0.25) is 0 Å². The monoisotopic (exact) mass is 256 g/mol. The molecule has 0 N–H and O–H groups in total. The highest BCUT2D eigenvalue weighted by Gasteiger charge is 2.08. The van der Waals surface area contributed by atoms with Crippen molar-refractivity contribution in [1.82, 2.24) is 0 Å². The second kappa shape index (κ2) is 9.68. The van der Waals surface area contributed by atoms with Gasteiger partial charge < -0.3 is 9.47 Å². The molecule has 0 fully saturated rings. The van der Waals surface area contributed by atoms with Crippen LogP contribution in [0.25, 0.3) is 0 Å². The van der Waals surface area contributed by atoms with Crippen LogP contribution in [0.15, 0.2) is 12.7 Å². The minimum Gasteiger partial charge on any atom is -0.466 e. The van der Waals surface area contributed by atoms with Gasteiger partial charge in [-0.1, -0.05) is 27.4 Å². The topological polar surface area (TPSA) is 52.6 Å². The second-order valence-electron chi connectivity index (χ2n) is 4.87. The Bertz CT molecular complexity index is 271. The molecule has 0 spiro atoms. The van der Waals surface area contributed by atoms with Gasteiger partial charge in [-0.2, -0.15) is 0 Å². The van der Waals surface area contributed by atoms with E-state index in [0.29, 0.717) is 31.5 Å². The lowest BCUT2D eigenvalue weighted by atomic mass is 10.1. The van der Waals surface area contributed by atoms with E-state index in [1.54, 1.807) is 0 Å². The molecule has 0 saturated heterocycles. The number of carbonyl (C=O) groups is 2. The summed E-state index contributed by atoms with van der Waals surface area (Å²) >= 11 is 0. The lowest BCUT2D eigenvalue weighted by Crippen LogP contribution is -2.12. The molecule has 1 unspecified atom stereocenters. The van der Waals surface area contributed by atoms with Crippen LogP contribution >= 0.6 is 0 Å². The van der Waals surface area contributed by atoms with Crippen molar-refractivity contribution in [3.8, 4) is 0 Å². The van der Waals surface area contributed by atoms with E-state index < -0.39 is 5.97 Å². The Labute approximate surface area is 109 Å². The molecule has 0 radical (unpaired) electrons. The van der Waals surface area contributed by atoms with Gasteiger partial charge >= 0.3 is 11.9 Å². The molecule has 104 valence electrons. The molecule has 0 aliphatic carbocycles. The zero-order valence-electron chi connectivity index (χ0n) is 11.6. The summed E-state index contributed by atoms with van der Waals surface area (Å²) in [6.07, 6.45) is 3.17. The Morgan fingerprint density at radius 1 is 1.11 bits per heavy atom. The number of rotatable bonds is 9. The summed E-state index contributed by atoms with van der Waals surface area (Å²) in [6.45, 7) is 10.1. The van der Waals surface area contributed by atoms with Gasteiger partial charge in [-0.3, -0.25) is 4.79 Å². The molecule has 0 rings (SSSR count). The predicted octanol–water partition coefficient (Wildman–Crippen LogP) is 2.72. The lowest BCUT2D eigenvalue weighted by Gasteiger charge is -2.12. The highest BCUT2D eigenvalue weighted by Crippen LogP contribution is 2.09. The van der Waals surface area contributed by atoms with Crippen LogP contribution in [-0.2, 0) is 19.1 Å². The van der Waals surface area contributed by atoms with E-state index in [0.717, 1.165) is 18.9 Å². The average Bonchev–Trinajstić information content (AvgIpc) is 2.27. The predicted molar refractivity (Wildman–Crippen MR) is 70.0 cm³/mol. The molecule has 18 heavy (non-hydrogen) atoms. The van der Waals surface area contributed by atoms with Crippen LogP contribution in [0.5, 0.6) is 0 Å². The van der Waals surface area contributed by atoms with Crippen molar-refractivity contribution in [2.24, 2.45) is 11.8 Å². The fourth-order valence-electron chi connectivity index (χ4n) is 1.33. The van der Waals surface area contributed by atoms with Gasteiger partial charge in [0.1, 0.15) is 0 Å². The fourth-order valence-corrected chi connectivity index (χ4v) is 1.33. The van der Waals surface area contributed by atoms with E-state index in [-0.39, 0.29) is 5.97 Å². The van der Waals surface area contributed by atoms with Crippen molar-refractivity contribution in [3.63, 3.8) is 0 Å². The van der Waals surface area contributed by atoms with Gasteiger partial charge in [-0.05, 0) is 24.7 Å². The number of carbonyl (C=O) groups excluding carboxylic acids is 2. The zero-order valence-corrected chi connectivity index (χ0v) is 11.6. The van der Waals surface area contributed by atoms with Crippen LogP contribution in [0.4, 0.5) is 0 Å². The first-order chi connectivity index (χ1) is 8.45. The van der Waals surface area contributed by atoms with Crippen molar-refractivity contribution in [2.45, 2.75) is 40.0 Å². The van der Waals surface area contributed by atoms with Crippen LogP contribution in [0.3, 0.4) is 0 Å². The minimum atomic E-state index is -0.398. The molecule has 0 heterocycles. The lowest BCUT2D eigenvalue weighted by molar-refractivity contribution is -0.144. The average molecular weight is 256 g/mol. The standard InChI is InChI=1S/C14H24O4/c1-5-13(15)17-8-6-12(4)7-9-18-14(16)10-11(2)3/h5,11-12H,1,6-10H2,2-4H3. The number of hydrogen-bond acceptors (Lipinski definition) is 4. The summed E-state index contributed by atoms with van der Waals surface area (Å²) in [5, 5.41) is 0. The Hall–Kier alpha value is -1.32. The van der Waals surface area contributed by atoms with Crippen LogP contribution in [0, 0.1) is 11.8 Å². The van der Waals surface area contributed by atoms with Crippen LogP contribution in [-0.4, -0.2) is 25.2 Å². The van der Waals surface area contributed by atoms with Gasteiger partial charge in [0.15, 0.2) is 0 Å². The van der Waals surface area contributed by atoms with E-state index in [4.69, 9.17) is 9.47 Å². The van der Waals surface area contributed by atoms with Crippen LogP contribution in [0.1, 0.15) is 40.0 Å². The summed E-state index contributed by atoms with van der Waals surface area (Å²) in [5.74, 6) is 0.142. The molecule has 0 amide bonds. The number of hydrogen-bond donors (Lipinski definition) is 0. The van der Waals surface area contributed by atoms with Gasteiger partial charge in [0.25, 0.3) is 0 Å². The van der Waals surface area contributed by atoms with Crippen molar-refractivity contribution < 1.29 is 19.1 Å². The third kappa shape index (κ3) is 9.87. The molecule has 0 aromatic rings. The molecule has 0 aliphatic rings. The van der Waals surface area contributed by atoms with Crippen molar-refractivity contribution >= 4 is 11.9 Å². The van der Waals surface area contributed by atoms with Crippen molar-refractivity contribution in [3.05, 3.63) is 12.7 Å². The van der Waals surface area contributed by atoms with Crippen molar-refractivity contribution in [2.75, 3.05) is 13.2 Å². The molecule has 0 aromatic carbocycles. The molecule has 4 heteroatoms. The summed E-state index contributed by atoms with van der Waals surface area (Å²) in [6, 6.07) is 0. The third-order valence-electron chi connectivity index (χ3n) is 2.47. The van der Waals surface area contributed by atoms with E-state index in [2.05, 4.69) is 6.58 Å². The molecule has 4 nitrogen and oxygen atoms in total. The Kier molecular flexibility index (Phi) is 8.97. The van der Waals surface area contributed by atoms with E-state index in [1.165, 1.54) is 0 Å². The minimum absolute atomic E-state index is 0.143. The number of ether oxygens (including phenoxy) is 2.